The van der Waals surface area contributed by atoms with Crippen molar-refractivity contribution in [1.82, 2.24) is 0 Å². The van der Waals surface area contributed by atoms with E-state index < -0.39 is 48.9 Å². The van der Waals surface area contributed by atoms with Crippen molar-refractivity contribution >= 4 is 11.9 Å². The van der Waals surface area contributed by atoms with Crippen LogP contribution in [0.15, 0.2) is 91.0 Å². The molecule has 0 radical (unpaired) electrons. The van der Waals surface area contributed by atoms with Gasteiger partial charge in [-0.3, -0.25) is 0 Å². The number of esters is 2. The number of aliphatic hydroxyl groups excluding tert-OH is 1. The molecular weight excluding hydrogens is 452 g/mol. The summed E-state index contributed by atoms with van der Waals surface area (Å²) in [5, 5.41) is 11.1. The van der Waals surface area contributed by atoms with Gasteiger partial charge in [0, 0.05) is 5.56 Å². The summed E-state index contributed by atoms with van der Waals surface area (Å²) in [5.74, 6) is -1.32. The number of carbonyl (C=O) groups excluding carboxylic acids is 2. The van der Waals surface area contributed by atoms with E-state index in [-0.39, 0.29) is 6.61 Å². The second-order valence-electron chi connectivity index (χ2n) is 8.22. The fourth-order valence-corrected chi connectivity index (χ4v) is 4.09. The summed E-state index contributed by atoms with van der Waals surface area (Å²) < 4.78 is 29.0. The smallest absolute Gasteiger partial charge is 0.340 e. The molecule has 8 nitrogen and oxygen atoms in total. The molecule has 5 rings (SSSR count). The third kappa shape index (κ3) is 5.11. The lowest BCUT2D eigenvalue weighted by Crippen LogP contribution is -2.63. The predicted octanol–water partition coefficient (Wildman–Crippen LogP) is 3.27. The van der Waals surface area contributed by atoms with Gasteiger partial charge in [0.15, 0.2) is 18.5 Å². The zero-order valence-electron chi connectivity index (χ0n) is 18.6. The van der Waals surface area contributed by atoms with Crippen molar-refractivity contribution in [3.8, 4) is 0 Å². The molecule has 2 saturated heterocycles. The number of aliphatic hydroxyl groups is 1. The first-order valence-corrected chi connectivity index (χ1v) is 11.3. The van der Waals surface area contributed by atoms with Crippen molar-refractivity contribution in [1.29, 1.82) is 0 Å². The minimum Gasteiger partial charge on any atom is -0.453 e. The molecule has 35 heavy (non-hydrogen) atoms. The van der Waals surface area contributed by atoms with Gasteiger partial charge in [-0.25, -0.2) is 9.59 Å². The van der Waals surface area contributed by atoms with Crippen LogP contribution in [0.5, 0.6) is 0 Å². The van der Waals surface area contributed by atoms with E-state index in [4.69, 9.17) is 23.7 Å². The standard InChI is InChI=1S/C27H24O8/c28-21-23(33-24(29)17-10-4-1-5-11-17)22-20(16-31-26(34-22)19-14-8-3-9-15-19)32-27(21)35-25(30)18-12-6-2-7-13-18/h1-15,20-23,26-28H,16H2/t20-,21-,22-,23-,26?,27-/m1/s1. The molecule has 2 aliphatic rings. The van der Waals surface area contributed by atoms with Crippen molar-refractivity contribution in [3.05, 3.63) is 108 Å². The summed E-state index contributed by atoms with van der Waals surface area (Å²) in [6.45, 7) is 0.0791. The summed E-state index contributed by atoms with van der Waals surface area (Å²) in [7, 11) is 0. The molecule has 0 bridgehead atoms. The Bertz CT molecular complexity index is 1140. The molecule has 0 aliphatic carbocycles. The number of benzene rings is 3. The molecule has 2 fully saturated rings. The summed E-state index contributed by atoms with van der Waals surface area (Å²) in [5.41, 5.74) is 1.38. The van der Waals surface area contributed by atoms with E-state index in [0.29, 0.717) is 11.1 Å². The Labute approximate surface area is 202 Å². The maximum absolute atomic E-state index is 12.9. The highest BCUT2D eigenvalue weighted by Crippen LogP contribution is 2.36. The van der Waals surface area contributed by atoms with Crippen LogP contribution in [0.1, 0.15) is 32.6 Å². The van der Waals surface area contributed by atoms with Crippen LogP contribution in [0, 0.1) is 0 Å². The molecule has 0 aromatic heterocycles. The van der Waals surface area contributed by atoms with Gasteiger partial charge in [-0.15, -0.1) is 0 Å². The average Bonchev–Trinajstić information content (AvgIpc) is 2.92. The average molecular weight is 476 g/mol. The van der Waals surface area contributed by atoms with E-state index in [9.17, 15) is 14.7 Å². The Morgan fingerprint density at radius 3 is 1.89 bits per heavy atom. The van der Waals surface area contributed by atoms with Gasteiger partial charge in [0.1, 0.15) is 12.2 Å². The Kier molecular flexibility index (Phi) is 6.87. The maximum Gasteiger partial charge on any atom is 0.340 e. The second kappa shape index (κ2) is 10.4. The van der Waals surface area contributed by atoms with Gasteiger partial charge in [-0.2, -0.15) is 0 Å². The van der Waals surface area contributed by atoms with Crippen LogP contribution >= 0.6 is 0 Å². The number of hydrogen-bond acceptors (Lipinski definition) is 8. The molecule has 6 atom stereocenters. The molecule has 1 unspecified atom stereocenters. The second-order valence-corrected chi connectivity index (χ2v) is 8.22. The highest BCUT2D eigenvalue weighted by molar-refractivity contribution is 5.90. The quantitative estimate of drug-likeness (QED) is 0.560. The maximum atomic E-state index is 12.9. The van der Waals surface area contributed by atoms with Gasteiger partial charge in [0.2, 0.25) is 6.29 Å². The monoisotopic (exact) mass is 476 g/mol. The molecule has 8 heteroatoms. The summed E-state index contributed by atoms with van der Waals surface area (Å²) in [4.78, 5) is 25.5. The number of hydrogen-bond donors (Lipinski definition) is 1. The number of carbonyl (C=O) groups is 2. The van der Waals surface area contributed by atoms with Gasteiger partial charge in [0.05, 0.1) is 17.7 Å². The highest BCUT2D eigenvalue weighted by atomic mass is 16.8. The van der Waals surface area contributed by atoms with E-state index in [1.807, 2.05) is 30.3 Å². The van der Waals surface area contributed by atoms with Crippen molar-refractivity contribution in [2.45, 2.75) is 37.0 Å². The lowest BCUT2D eigenvalue weighted by atomic mass is 9.97. The SMILES string of the molecule is O=C(O[C@H]1O[C@@H]2COC(c3ccccc3)O[C@H]2[C@H](OC(=O)c2ccccc2)[C@H]1O)c1ccccc1. The van der Waals surface area contributed by atoms with Crippen LogP contribution in [0.25, 0.3) is 0 Å². The normalized spacial score (nSPS) is 27.9. The molecule has 2 heterocycles. The first kappa shape index (κ1) is 23.2. The summed E-state index contributed by atoms with van der Waals surface area (Å²) in [6, 6.07) is 26.0. The third-order valence-corrected chi connectivity index (χ3v) is 5.86. The first-order chi connectivity index (χ1) is 17.1. The topological polar surface area (TPSA) is 101 Å². The van der Waals surface area contributed by atoms with E-state index in [0.717, 1.165) is 5.56 Å². The van der Waals surface area contributed by atoms with Gasteiger partial charge >= 0.3 is 11.9 Å². The van der Waals surface area contributed by atoms with Crippen molar-refractivity contribution in [2.75, 3.05) is 6.61 Å². The predicted molar refractivity (Wildman–Crippen MR) is 122 cm³/mol. The molecule has 0 saturated carbocycles. The van der Waals surface area contributed by atoms with E-state index in [2.05, 4.69) is 0 Å². The van der Waals surface area contributed by atoms with Crippen molar-refractivity contribution in [3.63, 3.8) is 0 Å². The molecule has 3 aromatic carbocycles. The van der Waals surface area contributed by atoms with Gasteiger partial charge < -0.3 is 28.8 Å². The van der Waals surface area contributed by atoms with E-state index in [1.165, 1.54) is 0 Å². The number of rotatable bonds is 5. The summed E-state index contributed by atoms with van der Waals surface area (Å²) in [6.07, 6.45) is -6.41. The first-order valence-electron chi connectivity index (χ1n) is 11.3. The zero-order valence-corrected chi connectivity index (χ0v) is 18.6. The molecule has 180 valence electrons. The molecule has 1 N–H and O–H groups in total. The summed E-state index contributed by atoms with van der Waals surface area (Å²) >= 11 is 0. The van der Waals surface area contributed by atoms with Crippen LogP contribution in [-0.4, -0.2) is 54.4 Å². The lowest BCUT2D eigenvalue weighted by Gasteiger charge is -2.46. The van der Waals surface area contributed by atoms with Crippen LogP contribution in [0.4, 0.5) is 0 Å². The molecular formula is C27H24O8. The van der Waals surface area contributed by atoms with Crippen LogP contribution in [-0.2, 0) is 23.7 Å². The third-order valence-electron chi connectivity index (χ3n) is 5.86. The fourth-order valence-electron chi connectivity index (χ4n) is 4.09. The molecule has 0 amide bonds. The highest BCUT2D eigenvalue weighted by Gasteiger charge is 2.53. The van der Waals surface area contributed by atoms with Gasteiger partial charge in [-0.1, -0.05) is 66.7 Å². The van der Waals surface area contributed by atoms with Gasteiger partial charge in [0.25, 0.3) is 0 Å². The number of fused-ring (bicyclic) bond motifs is 1. The lowest BCUT2D eigenvalue weighted by molar-refractivity contribution is -0.352. The molecule has 3 aromatic rings. The van der Waals surface area contributed by atoms with E-state index >= 15 is 0 Å². The fraction of sp³-hybridized carbons (Fsp3) is 0.259. The van der Waals surface area contributed by atoms with Crippen molar-refractivity contribution < 1.29 is 38.4 Å². The van der Waals surface area contributed by atoms with Crippen LogP contribution in [0.2, 0.25) is 0 Å². The van der Waals surface area contributed by atoms with Crippen molar-refractivity contribution in [2.24, 2.45) is 0 Å². The van der Waals surface area contributed by atoms with Gasteiger partial charge in [-0.05, 0) is 24.3 Å². The van der Waals surface area contributed by atoms with E-state index in [1.54, 1.807) is 60.7 Å². The molecule has 0 spiro atoms. The minimum absolute atomic E-state index is 0.0791. The number of ether oxygens (including phenoxy) is 5. The largest absolute Gasteiger partial charge is 0.453 e. The Balaban J connectivity index is 1.38. The Morgan fingerprint density at radius 1 is 0.743 bits per heavy atom. The van der Waals surface area contributed by atoms with Crippen LogP contribution < -0.4 is 0 Å². The minimum atomic E-state index is -1.49. The van der Waals surface area contributed by atoms with Crippen LogP contribution in [0.3, 0.4) is 0 Å². The Hall–Kier alpha value is -3.56. The zero-order chi connectivity index (χ0) is 24.2. The Morgan fingerprint density at radius 2 is 1.29 bits per heavy atom. The molecule has 2 aliphatic heterocycles.